The summed E-state index contributed by atoms with van der Waals surface area (Å²) in [7, 11) is 0. The normalized spacial score (nSPS) is 16.9. The minimum atomic E-state index is -0.217. The smallest absolute Gasteiger partial charge is 0.253 e. The molecule has 1 aliphatic rings. The van der Waals surface area contributed by atoms with Crippen molar-refractivity contribution < 1.29 is 9.59 Å². The number of carbonyl (C=O) groups excluding carboxylic acids is 2. The Labute approximate surface area is 166 Å². The molecule has 0 bridgehead atoms. The van der Waals surface area contributed by atoms with E-state index in [1.54, 1.807) is 24.3 Å². The zero-order valence-electron chi connectivity index (χ0n) is 16.1. The number of nitrogens with one attached hydrogen (secondary N) is 2. The maximum atomic E-state index is 12.9. The van der Waals surface area contributed by atoms with Gasteiger partial charge in [0.05, 0.1) is 17.2 Å². The lowest BCUT2D eigenvalue weighted by molar-refractivity contribution is -0.121. The largest absolute Gasteiger partial charge is 0.349 e. The van der Waals surface area contributed by atoms with Gasteiger partial charge in [0.1, 0.15) is 0 Å². The van der Waals surface area contributed by atoms with E-state index in [4.69, 9.17) is 0 Å². The molecule has 0 spiro atoms. The standard InChI is InChI=1S/C23H27N3O2/c1-2-14-24-23(28)20-12-6-7-13-21(20)25-22(27)19-11-8-15-26(17-19)16-18-9-4-3-5-10-18/h2-7,9-10,12-13,19H,1,8,11,14-17H2,(H,24,28)(H,25,27). The topological polar surface area (TPSA) is 61.4 Å². The van der Waals surface area contributed by atoms with Crippen molar-refractivity contribution in [3.8, 4) is 0 Å². The fourth-order valence-corrected chi connectivity index (χ4v) is 3.54. The summed E-state index contributed by atoms with van der Waals surface area (Å²) in [6, 6.07) is 17.4. The Bertz CT molecular complexity index is 820. The molecule has 146 valence electrons. The first-order valence-corrected chi connectivity index (χ1v) is 9.72. The Hall–Kier alpha value is -2.92. The molecule has 3 rings (SSSR count). The van der Waals surface area contributed by atoms with Crippen molar-refractivity contribution in [2.45, 2.75) is 19.4 Å². The van der Waals surface area contributed by atoms with Crippen LogP contribution in [0.15, 0.2) is 67.3 Å². The van der Waals surface area contributed by atoms with Crippen LogP contribution in [-0.2, 0) is 11.3 Å². The van der Waals surface area contributed by atoms with E-state index in [2.05, 4.69) is 34.2 Å². The lowest BCUT2D eigenvalue weighted by atomic mass is 9.96. The van der Waals surface area contributed by atoms with Gasteiger partial charge in [-0.2, -0.15) is 0 Å². The highest BCUT2D eigenvalue weighted by molar-refractivity contribution is 6.04. The number of benzene rings is 2. The zero-order valence-corrected chi connectivity index (χ0v) is 16.1. The number of para-hydroxylation sites is 1. The average Bonchev–Trinajstić information content (AvgIpc) is 2.73. The molecule has 0 radical (unpaired) electrons. The SMILES string of the molecule is C=CCNC(=O)c1ccccc1NC(=O)C1CCCN(Cc2ccccc2)C1. The molecule has 28 heavy (non-hydrogen) atoms. The quantitative estimate of drug-likeness (QED) is 0.727. The summed E-state index contributed by atoms with van der Waals surface area (Å²) >= 11 is 0. The van der Waals surface area contributed by atoms with Crippen LogP contribution in [0.3, 0.4) is 0 Å². The monoisotopic (exact) mass is 377 g/mol. The van der Waals surface area contributed by atoms with Crippen LogP contribution in [0.5, 0.6) is 0 Å². The van der Waals surface area contributed by atoms with Gasteiger partial charge in [0.15, 0.2) is 0 Å². The van der Waals surface area contributed by atoms with Gasteiger partial charge < -0.3 is 10.6 Å². The van der Waals surface area contributed by atoms with Crippen LogP contribution in [0, 0.1) is 5.92 Å². The molecule has 1 saturated heterocycles. The van der Waals surface area contributed by atoms with Gasteiger partial charge in [-0.25, -0.2) is 0 Å². The van der Waals surface area contributed by atoms with Crippen molar-refractivity contribution in [3.63, 3.8) is 0 Å². The zero-order chi connectivity index (χ0) is 19.8. The summed E-state index contributed by atoms with van der Waals surface area (Å²) in [6.07, 6.45) is 3.48. The number of nitrogens with zero attached hydrogens (tertiary/aromatic N) is 1. The van der Waals surface area contributed by atoms with Gasteiger partial charge in [0.25, 0.3) is 5.91 Å². The van der Waals surface area contributed by atoms with Gasteiger partial charge in [0, 0.05) is 19.6 Å². The Morgan fingerprint density at radius 3 is 2.64 bits per heavy atom. The van der Waals surface area contributed by atoms with E-state index in [9.17, 15) is 9.59 Å². The lowest BCUT2D eigenvalue weighted by Crippen LogP contribution is -2.40. The summed E-state index contributed by atoms with van der Waals surface area (Å²) in [4.78, 5) is 27.5. The number of hydrogen-bond donors (Lipinski definition) is 2. The van der Waals surface area contributed by atoms with E-state index < -0.39 is 0 Å². The molecular formula is C23H27N3O2. The van der Waals surface area contributed by atoms with E-state index in [0.717, 1.165) is 32.5 Å². The molecule has 0 aromatic heterocycles. The molecule has 2 aromatic rings. The van der Waals surface area contributed by atoms with Crippen molar-refractivity contribution in [1.29, 1.82) is 0 Å². The van der Waals surface area contributed by atoms with Gasteiger partial charge in [-0.05, 0) is 37.1 Å². The molecule has 2 aromatic carbocycles. The fourth-order valence-electron chi connectivity index (χ4n) is 3.54. The number of rotatable bonds is 7. The van der Waals surface area contributed by atoms with Gasteiger partial charge in [-0.15, -0.1) is 6.58 Å². The molecule has 5 heteroatoms. The molecule has 0 aliphatic carbocycles. The molecule has 1 heterocycles. The van der Waals surface area contributed by atoms with E-state index in [1.807, 2.05) is 24.3 Å². The summed E-state index contributed by atoms with van der Waals surface area (Å²) < 4.78 is 0. The fraction of sp³-hybridized carbons (Fsp3) is 0.304. The third kappa shape index (κ3) is 5.30. The van der Waals surface area contributed by atoms with Gasteiger partial charge >= 0.3 is 0 Å². The van der Waals surface area contributed by atoms with Gasteiger partial charge in [-0.3, -0.25) is 14.5 Å². The average molecular weight is 377 g/mol. The first kappa shape index (κ1) is 19.8. The highest BCUT2D eigenvalue weighted by Gasteiger charge is 2.26. The van der Waals surface area contributed by atoms with Gasteiger partial charge in [-0.1, -0.05) is 48.5 Å². The third-order valence-corrected chi connectivity index (χ3v) is 4.96. The maximum Gasteiger partial charge on any atom is 0.253 e. The number of amides is 2. The van der Waals surface area contributed by atoms with Crippen molar-refractivity contribution in [1.82, 2.24) is 10.2 Å². The number of hydrogen-bond acceptors (Lipinski definition) is 3. The highest BCUT2D eigenvalue weighted by atomic mass is 16.2. The summed E-state index contributed by atoms with van der Waals surface area (Å²) in [5.74, 6) is -0.325. The van der Waals surface area contributed by atoms with Crippen LogP contribution >= 0.6 is 0 Å². The lowest BCUT2D eigenvalue weighted by Gasteiger charge is -2.32. The molecular weight excluding hydrogens is 350 g/mol. The van der Waals surface area contributed by atoms with E-state index >= 15 is 0 Å². The predicted octanol–water partition coefficient (Wildman–Crippen LogP) is 3.45. The molecule has 1 fully saturated rings. The van der Waals surface area contributed by atoms with E-state index in [1.165, 1.54) is 5.56 Å². The Morgan fingerprint density at radius 1 is 1.11 bits per heavy atom. The second-order valence-electron chi connectivity index (χ2n) is 7.09. The highest BCUT2D eigenvalue weighted by Crippen LogP contribution is 2.22. The first-order valence-electron chi connectivity index (χ1n) is 9.72. The Morgan fingerprint density at radius 2 is 1.86 bits per heavy atom. The maximum absolute atomic E-state index is 12.9. The van der Waals surface area contributed by atoms with Crippen molar-refractivity contribution >= 4 is 17.5 Å². The van der Waals surface area contributed by atoms with Crippen molar-refractivity contribution in [2.75, 3.05) is 25.0 Å². The molecule has 1 aliphatic heterocycles. The number of piperidine rings is 1. The van der Waals surface area contributed by atoms with Crippen LogP contribution in [0.2, 0.25) is 0 Å². The molecule has 5 nitrogen and oxygen atoms in total. The molecule has 2 N–H and O–H groups in total. The van der Waals surface area contributed by atoms with Crippen LogP contribution < -0.4 is 10.6 Å². The number of carbonyl (C=O) groups is 2. The summed E-state index contributed by atoms with van der Waals surface area (Å²) in [5.41, 5.74) is 2.27. The van der Waals surface area contributed by atoms with Crippen LogP contribution in [0.1, 0.15) is 28.8 Å². The first-order chi connectivity index (χ1) is 13.7. The second kappa shape index (κ2) is 9.85. The van der Waals surface area contributed by atoms with Crippen LogP contribution in [0.4, 0.5) is 5.69 Å². The minimum absolute atomic E-state index is 0.0262. The molecule has 2 amide bonds. The van der Waals surface area contributed by atoms with Crippen molar-refractivity contribution in [2.24, 2.45) is 5.92 Å². The van der Waals surface area contributed by atoms with Crippen molar-refractivity contribution in [3.05, 3.63) is 78.4 Å². The number of anilines is 1. The third-order valence-electron chi connectivity index (χ3n) is 4.96. The van der Waals surface area contributed by atoms with Crippen LogP contribution in [0.25, 0.3) is 0 Å². The van der Waals surface area contributed by atoms with E-state index in [0.29, 0.717) is 17.8 Å². The van der Waals surface area contributed by atoms with Gasteiger partial charge in [0.2, 0.25) is 5.91 Å². The molecule has 0 saturated carbocycles. The molecule has 1 atom stereocenters. The molecule has 1 unspecified atom stereocenters. The summed E-state index contributed by atoms with van der Waals surface area (Å²) in [5, 5.41) is 5.73. The van der Waals surface area contributed by atoms with E-state index in [-0.39, 0.29) is 17.7 Å². The summed E-state index contributed by atoms with van der Waals surface area (Å²) in [6.45, 7) is 6.57. The Kier molecular flexibility index (Phi) is 6.98. The second-order valence-corrected chi connectivity index (χ2v) is 7.09. The minimum Gasteiger partial charge on any atom is -0.349 e. The predicted molar refractivity (Wildman–Crippen MR) is 112 cm³/mol. The Balaban J connectivity index is 1.63. The van der Waals surface area contributed by atoms with Crippen LogP contribution in [-0.4, -0.2) is 36.3 Å². The number of likely N-dealkylation sites (tertiary alicyclic amines) is 1.